The Morgan fingerprint density at radius 2 is 2.20 bits per heavy atom. The molecular weight excluding hydrogens is 272 g/mol. The van der Waals surface area contributed by atoms with Crippen LogP contribution in [-0.2, 0) is 4.79 Å². The lowest BCUT2D eigenvalue weighted by molar-refractivity contribution is -0.117. The van der Waals surface area contributed by atoms with Crippen LogP contribution in [0.3, 0.4) is 0 Å². The van der Waals surface area contributed by atoms with Gasteiger partial charge in [0, 0.05) is 23.5 Å². The van der Waals surface area contributed by atoms with E-state index in [1.807, 2.05) is 31.2 Å². The summed E-state index contributed by atoms with van der Waals surface area (Å²) in [6, 6.07) is 11.0. The number of amides is 1. The first-order chi connectivity index (χ1) is 9.65. The maximum Gasteiger partial charge on any atom is 0.244 e. The Balaban J connectivity index is 1.96. The summed E-state index contributed by atoms with van der Waals surface area (Å²) < 4.78 is 0. The highest BCUT2D eigenvalue weighted by molar-refractivity contribution is 6.30. The first-order valence-corrected chi connectivity index (χ1v) is 6.67. The molecule has 0 bridgehead atoms. The van der Waals surface area contributed by atoms with E-state index in [2.05, 4.69) is 10.3 Å². The molecule has 0 aliphatic carbocycles. The Bertz CT molecular complexity index is 611. The normalized spacial score (nSPS) is 12.3. The van der Waals surface area contributed by atoms with E-state index >= 15 is 0 Å². The smallest absolute Gasteiger partial charge is 0.244 e. The highest BCUT2D eigenvalue weighted by Crippen LogP contribution is 2.12. The molecule has 0 aliphatic rings. The minimum Gasteiger partial charge on any atom is -0.346 e. The van der Waals surface area contributed by atoms with Gasteiger partial charge in [-0.3, -0.25) is 9.78 Å². The van der Waals surface area contributed by atoms with Gasteiger partial charge in [-0.2, -0.15) is 0 Å². The monoisotopic (exact) mass is 286 g/mol. The summed E-state index contributed by atoms with van der Waals surface area (Å²) in [5, 5.41) is 3.53. The van der Waals surface area contributed by atoms with Crippen molar-refractivity contribution in [3.05, 3.63) is 71.0 Å². The fraction of sp³-hybridized carbons (Fsp3) is 0.125. The zero-order chi connectivity index (χ0) is 14.4. The lowest BCUT2D eigenvalue weighted by Crippen LogP contribution is -2.24. The van der Waals surface area contributed by atoms with E-state index in [9.17, 15) is 4.79 Å². The molecule has 0 radical (unpaired) electrons. The van der Waals surface area contributed by atoms with Crippen LogP contribution < -0.4 is 5.32 Å². The fourth-order valence-electron chi connectivity index (χ4n) is 1.76. The largest absolute Gasteiger partial charge is 0.346 e. The van der Waals surface area contributed by atoms with Gasteiger partial charge in [-0.1, -0.05) is 29.8 Å². The van der Waals surface area contributed by atoms with Gasteiger partial charge < -0.3 is 5.32 Å². The summed E-state index contributed by atoms with van der Waals surface area (Å²) >= 11 is 5.88. The van der Waals surface area contributed by atoms with Crippen molar-refractivity contribution in [2.75, 3.05) is 0 Å². The van der Waals surface area contributed by atoms with E-state index in [-0.39, 0.29) is 11.9 Å². The predicted molar refractivity (Wildman–Crippen MR) is 81.3 cm³/mol. The van der Waals surface area contributed by atoms with Crippen molar-refractivity contribution in [2.24, 2.45) is 0 Å². The molecule has 3 nitrogen and oxygen atoms in total. The zero-order valence-electron chi connectivity index (χ0n) is 11.1. The number of carbonyl (C=O) groups is 1. The summed E-state index contributed by atoms with van der Waals surface area (Å²) in [6.45, 7) is 1.92. The van der Waals surface area contributed by atoms with Crippen molar-refractivity contribution >= 4 is 23.6 Å². The van der Waals surface area contributed by atoms with E-state index < -0.39 is 0 Å². The third kappa shape index (κ3) is 4.21. The first-order valence-electron chi connectivity index (χ1n) is 6.29. The molecule has 1 N–H and O–H groups in total. The second-order valence-electron chi connectivity index (χ2n) is 4.40. The molecule has 1 aromatic carbocycles. The number of carbonyl (C=O) groups excluding carboxylic acids is 1. The topological polar surface area (TPSA) is 42.0 Å². The van der Waals surface area contributed by atoms with E-state index in [1.165, 1.54) is 6.08 Å². The molecule has 0 aliphatic heterocycles. The minimum atomic E-state index is -0.152. The van der Waals surface area contributed by atoms with Crippen LogP contribution in [-0.4, -0.2) is 10.9 Å². The molecule has 1 atom stereocenters. The van der Waals surface area contributed by atoms with Gasteiger partial charge >= 0.3 is 0 Å². The molecule has 0 saturated carbocycles. The van der Waals surface area contributed by atoms with Gasteiger partial charge in [-0.15, -0.1) is 0 Å². The summed E-state index contributed by atoms with van der Waals surface area (Å²) in [7, 11) is 0. The van der Waals surface area contributed by atoms with Crippen molar-refractivity contribution in [3.8, 4) is 0 Å². The second-order valence-corrected chi connectivity index (χ2v) is 4.84. The number of hydrogen-bond donors (Lipinski definition) is 1. The Kier molecular flexibility index (Phi) is 4.91. The lowest BCUT2D eigenvalue weighted by Gasteiger charge is -2.11. The van der Waals surface area contributed by atoms with Crippen LogP contribution >= 0.6 is 11.6 Å². The molecule has 2 aromatic rings. The lowest BCUT2D eigenvalue weighted by atomic mass is 10.1. The summed E-state index contributed by atoms with van der Waals surface area (Å²) in [5.74, 6) is -0.152. The maximum absolute atomic E-state index is 11.8. The van der Waals surface area contributed by atoms with Crippen molar-refractivity contribution in [1.82, 2.24) is 10.3 Å². The summed E-state index contributed by atoms with van der Waals surface area (Å²) in [4.78, 5) is 15.9. The molecule has 0 saturated heterocycles. The van der Waals surface area contributed by atoms with Crippen molar-refractivity contribution < 1.29 is 4.79 Å². The van der Waals surface area contributed by atoms with Gasteiger partial charge in [0.1, 0.15) is 0 Å². The predicted octanol–water partition coefficient (Wildman–Crippen LogP) is 3.63. The van der Waals surface area contributed by atoms with E-state index in [0.717, 1.165) is 11.1 Å². The van der Waals surface area contributed by atoms with Crippen molar-refractivity contribution in [2.45, 2.75) is 13.0 Å². The Hall–Kier alpha value is -2.13. The zero-order valence-corrected chi connectivity index (χ0v) is 11.8. The quantitative estimate of drug-likeness (QED) is 0.872. The number of rotatable bonds is 4. The molecule has 0 fully saturated rings. The molecule has 0 spiro atoms. The Labute approximate surface area is 123 Å². The van der Waals surface area contributed by atoms with Gasteiger partial charge in [0.05, 0.1) is 6.04 Å². The van der Waals surface area contributed by atoms with Gasteiger partial charge in [0.25, 0.3) is 0 Å². The highest BCUT2D eigenvalue weighted by Gasteiger charge is 2.06. The van der Waals surface area contributed by atoms with Crippen LogP contribution in [0.4, 0.5) is 0 Å². The van der Waals surface area contributed by atoms with Crippen molar-refractivity contribution in [1.29, 1.82) is 0 Å². The van der Waals surface area contributed by atoms with E-state index in [4.69, 9.17) is 11.6 Å². The third-order valence-corrected chi connectivity index (χ3v) is 3.05. The minimum absolute atomic E-state index is 0.0831. The van der Waals surface area contributed by atoms with Crippen LogP contribution in [0, 0.1) is 0 Å². The molecule has 2 rings (SSSR count). The van der Waals surface area contributed by atoms with Gasteiger partial charge in [-0.25, -0.2) is 0 Å². The van der Waals surface area contributed by atoms with E-state index in [0.29, 0.717) is 5.02 Å². The third-order valence-electron chi connectivity index (χ3n) is 2.82. The second kappa shape index (κ2) is 6.87. The number of nitrogens with zero attached hydrogens (tertiary/aromatic N) is 1. The van der Waals surface area contributed by atoms with E-state index in [1.54, 1.807) is 30.6 Å². The average Bonchev–Trinajstić information content (AvgIpc) is 2.46. The molecule has 20 heavy (non-hydrogen) atoms. The Morgan fingerprint density at radius 1 is 1.35 bits per heavy atom. The molecule has 102 valence electrons. The molecule has 1 aromatic heterocycles. The number of aromatic nitrogens is 1. The standard InChI is InChI=1S/C16H15ClN2O/c1-12(14-5-3-9-18-11-14)19-16(20)8-7-13-4-2-6-15(17)10-13/h2-12H,1H3,(H,19,20)/b8-7+. The van der Waals surface area contributed by atoms with Crippen LogP contribution in [0.2, 0.25) is 5.02 Å². The molecular formula is C16H15ClN2O. The van der Waals surface area contributed by atoms with Gasteiger partial charge in [0.2, 0.25) is 5.91 Å². The van der Waals surface area contributed by atoms with Crippen molar-refractivity contribution in [3.63, 3.8) is 0 Å². The molecule has 4 heteroatoms. The first kappa shape index (κ1) is 14.3. The number of hydrogen-bond acceptors (Lipinski definition) is 2. The van der Waals surface area contributed by atoms with Crippen LogP contribution in [0.15, 0.2) is 54.9 Å². The molecule has 1 amide bonds. The number of halogens is 1. The molecule has 1 unspecified atom stereocenters. The van der Waals surface area contributed by atoms with Crippen LogP contribution in [0.1, 0.15) is 24.1 Å². The maximum atomic E-state index is 11.8. The number of pyridine rings is 1. The fourth-order valence-corrected chi connectivity index (χ4v) is 1.96. The van der Waals surface area contributed by atoms with Crippen LogP contribution in [0.25, 0.3) is 6.08 Å². The number of nitrogens with one attached hydrogen (secondary N) is 1. The average molecular weight is 287 g/mol. The summed E-state index contributed by atoms with van der Waals surface area (Å²) in [5.41, 5.74) is 1.86. The highest BCUT2D eigenvalue weighted by atomic mass is 35.5. The Morgan fingerprint density at radius 3 is 2.90 bits per heavy atom. The summed E-state index contributed by atoms with van der Waals surface area (Å²) in [6.07, 6.45) is 6.68. The van der Waals surface area contributed by atoms with Gasteiger partial charge in [-0.05, 0) is 42.3 Å². The number of benzene rings is 1. The van der Waals surface area contributed by atoms with Gasteiger partial charge in [0.15, 0.2) is 0 Å². The SMILES string of the molecule is CC(NC(=O)/C=C/c1cccc(Cl)c1)c1cccnc1. The molecule has 1 heterocycles. The van der Waals surface area contributed by atoms with Crippen LogP contribution in [0.5, 0.6) is 0 Å².